The van der Waals surface area contributed by atoms with Crippen molar-refractivity contribution in [2.45, 2.75) is 32.5 Å². The smallest absolute Gasteiger partial charge is 0.251 e. The molecule has 3 rings (SSSR count). The van der Waals surface area contributed by atoms with Crippen LogP contribution in [0.2, 0.25) is 0 Å². The normalized spacial score (nSPS) is 13.0. The number of aliphatic imine (C=N–C) groups is 1. The molecule has 1 amide bonds. The van der Waals surface area contributed by atoms with Crippen LogP contribution in [-0.4, -0.2) is 30.1 Å². The Morgan fingerprint density at radius 1 is 1.16 bits per heavy atom. The quantitative estimate of drug-likeness (QED) is 0.179. The molecule has 32 heavy (non-hydrogen) atoms. The predicted octanol–water partition coefficient (Wildman–Crippen LogP) is 3.85. The Kier molecular flexibility index (Phi) is 10.2. The molecular weight excluding hydrogens is 539 g/mol. The molecule has 1 unspecified atom stereocenters. The maximum absolute atomic E-state index is 12.4. The summed E-state index contributed by atoms with van der Waals surface area (Å²) in [6.07, 6.45) is 1.58. The van der Waals surface area contributed by atoms with Gasteiger partial charge in [-0.15, -0.1) is 35.3 Å². The van der Waals surface area contributed by atoms with E-state index in [0.717, 1.165) is 10.4 Å². The highest BCUT2D eigenvalue weighted by atomic mass is 127. The minimum Gasteiger partial charge on any atom is -0.467 e. The first-order valence-corrected chi connectivity index (χ1v) is 11.0. The third kappa shape index (κ3) is 7.64. The van der Waals surface area contributed by atoms with Gasteiger partial charge in [-0.2, -0.15) is 0 Å². The molecule has 0 spiro atoms. The monoisotopic (exact) mass is 568 g/mol. The summed E-state index contributed by atoms with van der Waals surface area (Å²) in [7, 11) is 0. The van der Waals surface area contributed by atoms with E-state index in [1.807, 2.05) is 48.7 Å². The summed E-state index contributed by atoms with van der Waals surface area (Å²) in [5.41, 5.74) is 0.488. The van der Waals surface area contributed by atoms with Crippen LogP contribution in [0.1, 0.15) is 40.4 Å². The molecule has 0 aliphatic heterocycles. The van der Waals surface area contributed by atoms with Gasteiger partial charge in [-0.05, 0) is 55.1 Å². The first-order chi connectivity index (χ1) is 15.0. The summed E-state index contributed by atoms with van der Waals surface area (Å²) in [6, 6.07) is 14.8. The van der Waals surface area contributed by atoms with Crippen LogP contribution in [0.25, 0.3) is 0 Å². The van der Waals surface area contributed by atoms with Gasteiger partial charge in [0.2, 0.25) is 0 Å². The summed E-state index contributed by atoms with van der Waals surface area (Å²) < 4.78 is 5.24. The van der Waals surface area contributed by atoms with Crippen LogP contribution in [0, 0.1) is 0 Å². The van der Waals surface area contributed by atoms with Crippen molar-refractivity contribution >= 4 is 47.2 Å². The molecule has 0 radical (unpaired) electrons. The number of rotatable bonds is 9. The number of guanidine groups is 1. The number of hydrogen-bond acceptors (Lipinski definition) is 5. The van der Waals surface area contributed by atoms with Gasteiger partial charge in [0.05, 0.1) is 25.9 Å². The lowest BCUT2D eigenvalue weighted by Gasteiger charge is -2.23. The molecule has 0 bridgehead atoms. The highest BCUT2D eigenvalue weighted by Crippen LogP contribution is 2.24. The van der Waals surface area contributed by atoms with Crippen LogP contribution in [0.15, 0.2) is 69.6 Å². The molecule has 2 aromatic heterocycles. The van der Waals surface area contributed by atoms with Gasteiger partial charge < -0.3 is 25.5 Å². The Hall–Kier alpha value is -2.37. The van der Waals surface area contributed by atoms with Gasteiger partial charge in [0.15, 0.2) is 5.96 Å². The fraction of sp³-hybridized carbons (Fsp3) is 0.304. The minimum absolute atomic E-state index is 0. The summed E-state index contributed by atoms with van der Waals surface area (Å²) in [4.78, 5) is 17.9. The van der Waals surface area contributed by atoms with Crippen molar-refractivity contribution < 1.29 is 14.3 Å². The number of hydrogen-bond donors (Lipinski definition) is 4. The van der Waals surface area contributed by atoms with Crippen LogP contribution in [0.5, 0.6) is 0 Å². The van der Waals surface area contributed by atoms with E-state index in [9.17, 15) is 9.90 Å². The van der Waals surface area contributed by atoms with Crippen LogP contribution < -0.4 is 16.0 Å². The van der Waals surface area contributed by atoms with E-state index in [1.54, 1.807) is 25.3 Å². The zero-order valence-electron chi connectivity index (χ0n) is 18.1. The minimum atomic E-state index is -0.990. The fourth-order valence-electron chi connectivity index (χ4n) is 2.93. The van der Waals surface area contributed by atoms with Crippen LogP contribution in [-0.2, 0) is 18.7 Å². The average Bonchev–Trinajstić information content (AvgIpc) is 3.49. The Morgan fingerprint density at radius 3 is 2.69 bits per heavy atom. The largest absolute Gasteiger partial charge is 0.467 e. The molecule has 7 nitrogen and oxygen atoms in total. The predicted molar refractivity (Wildman–Crippen MR) is 138 cm³/mol. The van der Waals surface area contributed by atoms with Gasteiger partial charge in [0.25, 0.3) is 5.91 Å². The Balaban J connectivity index is 0.00000363. The van der Waals surface area contributed by atoms with Gasteiger partial charge in [-0.25, -0.2) is 4.99 Å². The second-order valence-electron chi connectivity index (χ2n) is 7.26. The topological polar surface area (TPSA) is 98.9 Å². The van der Waals surface area contributed by atoms with Gasteiger partial charge in [-0.1, -0.05) is 18.2 Å². The number of furan rings is 1. The van der Waals surface area contributed by atoms with Crippen molar-refractivity contribution in [2.24, 2.45) is 4.99 Å². The zero-order chi connectivity index (χ0) is 22.1. The molecule has 0 aliphatic rings. The van der Waals surface area contributed by atoms with E-state index in [1.165, 1.54) is 11.3 Å². The molecule has 2 heterocycles. The first kappa shape index (κ1) is 25.9. The third-order valence-corrected chi connectivity index (χ3v) is 5.73. The summed E-state index contributed by atoms with van der Waals surface area (Å²) in [5, 5.41) is 21.9. The van der Waals surface area contributed by atoms with Gasteiger partial charge >= 0.3 is 0 Å². The highest BCUT2D eigenvalue weighted by Gasteiger charge is 2.24. The number of nitrogens with one attached hydrogen (secondary N) is 3. The van der Waals surface area contributed by atoms with Gasteiger partial charge in [0, 0.05) is 17.0 Å². The number of aliphatic hydroxyl groups is 1. The number of amides is 1. The average molecular weight is 568 g/mol. The van der Waals surface area contributed by atoms with E-state index in [-0.39, 0.29) is 29.9 Å². The SMILES string of the molecule is CCNC(=NCc1cccc(C(=O)NCc2ccco2)c1)NCC(C)(O)c1cccs1.I. The van der Waals surface area contributed by atoms with Crippen molar-refractivity contribution in [2.75, 3.05) is 13.1 Å². The molecule has 3 aromatic rings. The lowest BCUT2D eigenvalue weighted by molar-refractivity contribution is 0.0655. The fourth-order valence-corrected chi connectivity index (χ4v) is 3.72. The van der Waals surface area contributed by atoms with Crippen molar-refractivity contribution in [3.8, 4) is 0 Å². The van der Waals surface area contributed by atoms with E-state index in [4.69, 9.17) is 4.42 Å². The number of carbonyl (C=O) groups excluding carboxylic acids is 1. The zero-order valence-corrected chi connectivity index (χ0v) is 21.3. The second-order valence-corrected chi connectivity index (χ2v) is 8.21. The molecule has 1 aromatic carbocycles. The Bertz CT molecular complexity index is 989. The maximum Gasteiger partial charge on any atom is 0.251 e. The van der Waals surface area contributed by atoms with Crippen LogP contribution in [0.3, 0.4) is 0 Å². The molecule has 172 valence electrons. The lowest BCUT2D eigenvalue weighted by atomic mass is 10.1. The Labute approximate surface area is 209 Å². The molecule has 1 atom stereocenters. The Morgan fingerprint density at radius 2 is 2.00 bits per heavy atom. The van der Waals surface area contributed by atoms with E-state index < -0.39 is 5.60 Å². The van der Waals surface area contributed by atoms with Crippen molar-refractivity contribution in [3.63, 3.8) is 0 Å². The number of halogens is 1. The lowest BCUT2D eigenvalue weighted by Crippen LogP contribution is -2.44. The number of carbonyl (C=O) groups is 1. The summed E-state index contributed by atoms with van der Waals surface area (Å²) in [6.45, 7) is 5.53. The molecule has 0 saturated heterocycles. The molecule has 4 N–H and O–H groups in total. The van der Waals surface area contributed by atoms with Crippen LogP contribution in [0.4, 0.5) is 0 Å². The van der Waals surface area contributed by atoms with E-state index in [0.29, 0.717) is 43.5 Å². The van der Waals surface area contributed by atoms with E-state index >= 15 is 0 Å². The van der Waals surface area contributed by atoms with Gasteiger partial charge in [-0.3, -0.25) is 4.79 Å². The highest BCUT2D eigenvalue weighted by molar-refractivity contribution is 14.0. The summed E-state index contributed by atoms with van der Waals surface area (Å²) >= 11 is 1.52. The standard InChI is InChI=1S/C23H28N4O3S.HI/c1-3-24-22(27-16-23(2,29)20-10-6-12-31-20)26-14-17-7-4-8-18(13-17)21(28)25-15-19-9-5-11-30-19;/h4-13,29H,3,14-16H2,1-2H3,(H,25,28)(H2,24,26,27);1H. The maximum atomic E-state index is 12.4. The number of nitrogens with zero attached hydrogens (tertiary/aromatic N) is 1. The van der Waals surface area contributed by atoms with Gasteiger partial charge in [0.1, 0.15) is 11.4 Å². The first-order valence-electron chi connectivity index (χ1n) is 10.2. The molecule has 0 fully saturated rings. The molecule has 0 aliphatic carbocycles. The van der Waals surface area contributed by atoms with Crippen molar-refractivity contribution in [1.82, 2.24) is 16.0 Å². The molecular formula is C23H29IN4O3S. The van der Waals surface area contributed by atoms with Crippen molar-refractivity contribution in [3.05, 3.63) is 81.9 Å². The molecule has 9 heteroatoms. The van der Waals surface area contributed by atoms with Crippen LogP contribution >= 0.6 is 35.3 Å². The summed E-state index contributed by atoms with van der Waals surface area (Å²) in [5.74, 6) is 1.14. The number of thiophene rings is 1. The van der Waals surface area contributed by atoms with E-state index in [2.05, 4.69) is 20.9 Å². The second kappa shape index (κ2) is 12.6. The number of benzene rings is 1. The van der Waals surface area contributed by atoms with Crippen molar-refractivity contribution in [1.29, 1.82) is 0 Å². The molecule has 0 saturated carbocycles. The third-order valence-electron chi connectivity index (χ3n) is 4.61.